The summed E-state index contributed by atoms with van der Waals surface area (Å²) in [4.78, 5) is 15.8. The third-order valence-corrected chi connectivity index (χ3v) is 3.57. The van der Waals surface area contributed by atoms with E-state index in [0.717, 1.165) is 5.56 Å². The molecule has 7 heteroatoms. The van der Waals surface area contributed by atoms with E-state index in [1.807, 2.05) is 6.92 Å². The first-order chi connectivity index (χ1) is 9.60. The number of aryl methyl sites for hydroxylation is 1. The summed E-state index contributed by atoms with van der Waals surface area (Å²) in [6.45, 7) is 2.39. The lowest BCUT2D eigenvalue weighted by atomic mass is 10.2. The molecule has 0 aliphatic carbocycles. The Bertz CT molecular complexity index is 517. The van der Waals surface area contributed by atoms with Gasteiger partial charge in [-0.3, -0.25) is 4.57 Å². The fourth-order valence-corrected chi connectivity index (χ4v) is 2.43. The number of nitrogens with two attached hydrogens (primary N) is 1. The van der Waals surface area contributed by atoms with Crippen molar-refractivity contribution in [3.05, 3.63) is 22.2 Å². The van der Waals surface area contributed by atoms with Crippen LogP contribution in [0.3, 0.4) is 0 Å². The molecule has 0 saturated carbocycles. The van der Waals surface area contributed by atoms with Gasteiger partial charge in [0, 0.05) is 32.4 Å². The molecule has 0 bridgehead atoms. The lowest BCUT2D eigenvalue weighted by Crippen LogP contribution is -2.29. The Morgan fingerprint density at radius 1 is 1.55 bits per heavy atom. The van der Waals surface area contributed by atoms with Gasteiger partial charge in [0.05, 0.1) is 12.7 Å². The van der Waals surface area contributed by atoms with Crippen LogP contribution in [0.2, 0.25) is 0 Å². The van der Waals surface area contributed by atoms with Crippen molar-refractivity contribution in [2.45, 2.75) is 38.2 Å². The molecule has 0 unspecified atom stereocenters. The summed E-state index contributed by atoms with van der Waals surface area (Å²) in [6, 6.07) is 0. The molecular weight excluding hydrogens is 262 g/mol. The Hall–Kier alpha value is -1.44. The summed E-state index contributed by atoms with van der Waals surface area (Å²) in [5, 5.41) is 0. The van der Waals surface area contributed by atoms with Crippen molar-refractivity contribution in [1.29, 1.82) is 0 Å². The predicted octanol–water partition coefficient (Wildman–Crippen LogP) is 0.337. The molecule has 0 aromatic carbocycles. The summed E-state index contributed by atoms with van der Waals surface area (Å²) in [5.74, 6) is 0.281. The minimum absolute atomic E-state index is 0.102. The van der Waals surface area contributed by atoms with Gasteiger partial charge in [0.1, 0.15) is 18.1 Å². The standard InChI is InChI=1S/C13H21N3O4/c1-4-8-6-16(13(17)15-12(8)14)11-5-9(19-3)10(20-11)7-18-2/h6,9-11H,4-5,7H2,1-3H3,(H2,14,15,17)/t9-,10+,11+/m0/s1. The molecule has 2 rings (SSSR count). The Kier molecular flexibility index (Phi) is 4.74. The molecule has 0 radical (unpaired) electrons. The highest BCUT2D eigenvalue weighted by Gasteiger charge is 2.37. The topological polar surface area (TPSA) is 88.6 Å². The molecule has 112 valence electrons. The van der Waals surface area contributed by atoms with Crippen molar-refractivity contribution in [2.75, 3.05) is 26.6 Å². The SMILES string of the molecule is CCc1cn([C@H]2C[C@H](OC)[C@@H](COC)O2)c(=O)nc1N. The van der Waals surface area contributed by atoms with E-state index < -0.39 is 11.9 Å². The van der Waals surface area contributed by atoms with Crippen LogP contribution < -0.4 is 11.4 Å². The minimum atomic E-state index is -0.405. The molecule has 0 amide bonds. The Morgan fingerprint density at radius 3 is 2.90 bits per heavy atom. The monoisotopic (exact) mass is 283 g/mol. The number of nitrogens with zero attached hydrogens (tertiary/aromatic N) is 2. The quantitative estimate of drug-likeness (QED) is 0.838. The maximum atomic E-state index is 12.0. The molecule has 1 aliphatic rings. The Balaban J connectivity index is 2.26. The van der Waals surface area contributed by atoms with Crippen LogP contribution in [-0.4, -0.2) is 42.6 Å². The summed E-state index contributed by atoms with van der Waals surface area (Å²) < 4.78 is 17.8. The van der Waals surface area contributed by atoms with Crippen molar-refractivity contribution in [3.8, 4) is 0 Å². The second-order valence-electron chi connectivity index (χ2n) is 4.79. The van der Waals surface area contributed by atoms with Gasteiger partial charge in [0.2, 0.25) is 0 Å². The number of aromatic nitrogens is 2. The van der Waals surface area contributed by atoms with Gasteiger partial charge in [-0.1, -0.05) is 6.92 Å². The van der Waals surface area contributed by atoms with Crippen molar-refractivity contribution < 1.29 is 14.2 Å². The zero-order valence-corrected chi connectivity index (χ0v) is 12.0. The van der Waals surface area contributed by atoms with Crippen LogP contribution in [0.4, 0.5) is 5.82 Å². The average Bonchev–Trinajstić information content (AvgIpc) is 2.82. The van der Waals surface area contributed by atoms with Gasteiger partial charge in [-0.15, -0.1) is 0 Å². The van der Waals surface area contributed by atoms with Gasteiger partial charge in [-0.05, 0) is 6.42 Å². The van der Waals surface area contributed by atoms with Gasteiger partial charge in [-0.2, -0.15) is 4.98 Å². The molecule has 1 aliphatic heterocycles. The number of hydrogen-bond donors (Lipinski definition) is 1. The lowest BCUT2D eigenvalue weighted by molar-refractivity contribution is -0.0618. The van der Waals surface area contributed by atoms with Crippen LogP contribution in [0.5, 0.6) is 0 Å². The highest BCUT2D eigenvalue weighted by molar-refractivity contribution is 5.36. The summed E-state index contributed by atoms with van der Waals surface area (Å²) >= 11 is 0. The van der Waals surface area contributed by atoms with Crippen LogP contribution in [-0.2, 0) is 20.6 Å². The van der Waals surface area contributed by atoms with Crippen LogP contribution in [0.25, 0.3) is 0 Å². The van der Waals surface area contributed by atoms with E-state index >= 15 is 0 Å². The second-order valence-corrected chi connectivity index (χ2v) is 4.79. The van der Waals surface area contributed by atoms with E-state index in [1.165, 1.54) is 4.57 Å². The van der Waals surface area contributed by atoms with Gasteiger partial charge < -0.3 is 19.9 Å². The third kappa shape index (κ3) is 2.84. The fraction of sp³-hybridized carbons (Fsp3) is 0.692. The molecular formula is C13H21N3O4. The molecule has 7 nitrogen and oxygen atoms in total. The molecule has 1 fully saturated rings. The average molecular weight is 283 g/mol. The Morgan fingerprint density at radius 2 is 2.30 bits per heavy atom. The normalized spacial score (nSPS) is 26.1. The summed E-state index contributed by atoms with van der Waals surface area (Å²) in [7, 11) is 3.23. The second kappa shape index (κ2) is 6.34. The maximum absolute atomic E-state index is 12.0. The van der Waals surface area contributed by atoms with Crippen molar-refractivity contribution in [2.24, 2.45) is 0 Å². The first kappa shape index (κ1) is 15.0. The van der Waals surface area contributed by atoms with Crippen LogP contribution >= 0.6 is 0 Å². The molecule has 0 spiro atoms. The number of hydrogen-bond acceptors (Lipinski definition) is 6. The fourth-order valence-electron chi connectivity index (χ4n) is 2.43. The zero-order chi connectivity index (χ0) is 14.7. The number of rotatable bonds is 5. The molecule has 2 N–H and O–H groups in total. The maximum Gasteiger partial charge on any atom is 0.351 e. The number of ether oxygens (including phenoxy) is 3. The first-order valence-corrected chi connectivity index (χ1v) is 6.65. The van der Waals surface area contributed by atoms with Crippen LogP contribution in [0.1, 0.15) is 25.1 Å². The zero-order valence-electron chi connectivity index (χ0n) is 12.0. The predicted molar refractivity (Wildman–Crippen MR) is 73.5 cm³/mol. The van der Waals surface area contributed by atoms with Crippen molar-refractivity contribution in [1.82, 2.24) is 9.55 Å². The van der Waals surface area contributed by atoms with E-state index in [0.29, 0.717) is 19.4 Å². The number of nitrogen functional groups attached to an aromatic ring is 1. The molecule has 1 aromatic rings. The van der Waals surface area contributed by atoms with E-state index in [-0.39, 0.29) is 18.0 Å². The third-order valence-electron chi connectivity index (χ3n) is 3.57. The largest absolute Gasteiger partial charge is 0.383 e. The van der Waals surface area contributed by atoms with E-state index in [4.69, 9.17) is 19.9 Å². The summed E-state index contributed by atoms with van der Waals surface area (Å²) in [5.41, 5.74) is 6.14. The smallest absolute Gasteiger partial charge is 0.351 e. The van der Waals surface area contributed by atoms with E-state index in [2.05, 4.69) is 4.98 Å². The molecule has 3 atom stereocenters. The van der Waals surface area contributed by atoms with Crippen LogP contribution in [0.15, 0.2) is 11.0 Å². The number of anilines is 1. The van der Waals surface area contributed by atoms with Crippen molar-refractivity contribution in [3.63, 3.8) is 0 Å². The van der Waals surface area contributed by atoms with Gasteiger partial charge >= 0.3 is 5.69 Å². The molecule has 20 heavy (non-hydrogen) atoms. The first-order valence-electron chi connectivity index (χ1n) is 6.65. The van der Waals surface area contributed by atoms with Gasteiger partial charge in [-0.25, -0.2) is 4.79 Å². The molecule has 1 aromatic heterocycles. The number of methoxy groups -OCH3 is 2. The highest BCUT2D eigenvalue weighted by atomic mass is 16.6. The Labute approximate surface area is 117 Å². The molecule has 1 saturated heterocycles. The minimum Gasteiger partial charge on any atom is -0.383 e. The van der Waals surface area contributed by atoms with Gasteiger partial charge in [0.15, 0.2) is 0 Å². The van der Waals surface area contributed by atoms with Crippen molar-refractivity contribution >= 4 is 5.82 Å². The summed E-state index contributed by atoms with van der Waals surface area (Å²) in [6.07, 6.45) is 2.32. The lowest BCUT2D eigenvalue weighted by Gasteiger charge is -2.17. The molecule has 2 heterocycles. The van der Waals surface area contributed by atoms with Gasteiger partial charge in [0.25, 0.3) is 0 Å². The van der Waals surface area contributed by atoms with Crippen LogP contribution in [0, 0.1) is 0 Å². The van der Waals surface area contributed by atoms with E-state index in [9.17, 15) is 4.79 Å². The van der Waals surface area contributed by atoms with E-state index in [1.54, 1.807) is 20.4 Å². The highest BCUT2D eigenvalue weighted by Crippen LogP contribution is 2.30.